The largest absolute Gasteiger partial charge is 0.439 e. The third-order valence-electron chi connectivity index (χ3n) is 2.31. The van der Waals surface area contributed by atoms with Gasteiger partial charge in [0.25, 0.3) is 0 Å². The van der Waals surface area contributed by atoms with Crippen molar-refractivity contribution in [1.29, 1.82) is 0 Å². The summed E-state index contributed by atoms with van der Waals surface area (Å²) in [5.41, 5.74) is 0.211. The maximum atomic E-state index is 12.9. The van der Waals surface area contributed by atoms with Gasteiger partial charge in [-0.05, 0) is 19.0 Å². The first-order chi connectivity index (χ1) is 10.00. The average molecular weight is 296 g/mol. The first kappa shape index (κ1) is 10.1. The first-order valence-corrected chi connectivity index (χ1v) is 5.29. The van der Waals surface area contributed by atoms with Gasteiger partial charge in [0.2, 0.25) is 0 Å². The minimum absolute atomic E-state index is 0.169. The van der Waals surface area contributed by atoms with Gasteiger partial charge in [0.05, 0.1) is 10.6 Å². The van der Waals surface area contributed by atoms with Crippen LogP contribution in [-0.2, 0) is 10.9 Å². The minimum atomic E-state index is -4.72. The molecule has 1 N–H and O–H groups in total. The van der Waals surface area contributed by atoms with E-state index in [9.17, 15) is 18.0 Å². The van der Waals surface area contributed by atoms with Gasteiger partial charge >= 0.3 is 12.3 Å². The molecule has 2 rings (SSSR count). The summed E-state index contributed by atoms with van der Waals surface area (Å²) in [5.74, 6) is 0. The number of cyclic esters (lactones) is 1. The highest BCUT2D eigenvalue weighted by Gasteiger charge is 2.34. The van der Waals surface area contributed by atoms with Crippen molar-refractivity contribution in [3.8, 4) is 0 Å². The smallest absolute Gasteiger partial charge is 0.428 e. The molecule has 1 aliphatic rings. The van der Waals surface area contributed by atoms with E-state index in [0.29, 0.717) is 6.07 Å². The Balaban J connectivity index is 2.52. The van der Waals surface area contributed by atoms with E-state index in [4.69, 9.17) is 15.7 Å². The number of alkyl halides is 3. The van der Waals surface area contributed by atoms with Gasteiger partial charge in [0.1, 0.15) is 11.8 Å². The zero-order chi connectivity index (χ0) is 16.7. The molecule has 1 aromatic rings. The number of hydrogen-bond donors (Lipinski definition) is 1. The second kappa shape index (κ2) is 4.73. The Morgan fingerprint density at radius 1 is 1.53 bits per heavy atom. The van der Waals surface area contributed by atoms with Crippen molar-refractivity contribution in [2.75, 3.05) is 0 Å². The summed E-state index contributed by atoms with van der Waals surface area (Å²) in [5, 5.41) is 2.96. The summed E-state index contributed by atoms with van der Waals surface area (Å²) in [6.45, 7) is -2.78. The van der Waals surface area contributed by atoms with Crippen LogP contribution in [0.3, 0.4) is 0 Å². The van der Waals surface area contributed by atoms with Gasteiger partial charge in [0.15, 0.2) is 0 Å². The Hall–Kier alpha value is -1.76. The summed E-state index contributed by atoms with van der Waals surface area (Å²) in [6, 6.07) is 2.78. The molecule has 8 heteroatoms. The lowest BCUT2D eigenvalue weighted by molar-refractivity contribution is -0.137. The van der Waals surface area contributed by atoms with E-state index in [2.05, 4.69) is 9.84 Å². The van der Waals surface area contributed by atoms with E-state index in [-0.39, 0.29) is 11.3 Å². The van der Waals surface area contributed by atoms with Crippen LogP contribution in [0.4, 0.5) is 18.0 Å². The molecule has 1 atom stereocenters. The summed E-state index contributed by atoms with van der Waals surface area (Å²) >= 11 is 5.50. The van der Waals surface area contributed by atoms with Gasteiger partial charge in [-0.2, -0.15) is 18.3 Å². The lowest BCUT2D eigenvalue weighted by Gasteiger charge is -2.21. The van der Waals surface area contributed by atoms with Crippen LogP contribution >= 0.6 is 11.6 Å². The van der Waals surface area contributed by atoms with Gasteiger partial charge in [0, 0.05) is 9.68 Å². The molecule has 4 nitrogen and oxygen atoms in total. The molecule has 1 aliphatic heterocycles. The van der Waals surface area contributed by atoms with E-state index < -0.39 is 35.8 Å². The Morgan fingerprint density at radius 3 is 2.89 bits per heavy atom. The fourth-order valence-corrected chi connectivity index (χ4v) is 1.70. The molecular weight excluding hydrogens is 285 g/mol. The van der Waals surface area contributed by atoms with Gasteiger partial charge in [-0.15, -0.1) is 0 Å². The number of halogens is 4. The second-order valence-electron chi connectivity index (χ2n) is 3.59. The van der Waals surface area contributed by atoms with Gasteiger partial charge < -0.3 is 4.74 Å². The maximum Gasteiger partial charge on any atom is 0.428 e. The molecule has 0 saturated carbocycles. The van der Waals surface area contributed by atoms with Crippen molar-refractivity contribution in [3.63, 3.8) is 0 Å². The van der Waals surface area contributed by atoms with Crippen LogP contribution in [-0.4, -0.2) is 17.9 Å². The van der Waals surface area contributed by atoms with Crippen LogP contribution in [0.25, 0.3) is 0 Å². The van der Waals surface area contributed by atoms with Crippen molar-refractivity contribution < 1.29 is 26.8 Å². The molecule has 0 fully saturated rings. The van der Waals surface area contributed by atoms with Crippen molar-refractivity contribution >= 4 is 23.4 Å². The Bertz CT molecular complexity index is 646. The van der Waals surface area contributed by atoms with Crippen LogP contribution in [0.2, 0.25) is 5.02 Å². The lowest BCUT2D eigenvalue weighted by atomic mass is 10.0. The third-order valence-corrected chi connectivity index (χ3v) is 2.64. The normalized spacial score (nSPS) is 22.5. The SMILES string of the molecule is [2H]C([2H])([2H])[C@@H]1OC(=O)NN=C1c1ccc(Cl)c(C(F)(F)F)c1. The first-order valence-electron chi connectivity index (χ1n) is 6.41. The maximum absolute atomic E-state index is 12.9. The van der Waals surface area contributed by atoms with Crippen LogP contribution in [0.15, 0.2) is 23.3 Å². The summed E-state index contributed by atoms with van der Waals surface area (Å²) in [7, 11) is 0. The highest BCUT2D eigenvalue weighted by Crippen LogP contribution is 2.35. The summed E-state index contributed by atoms with van der Waals surface area (Å²) in [6.07, 6.45) is -7.60. The average Bonchev–Trinajstić information content (AvgIpc) is 2.37. The van der Waals surface area contributed by atoms with Gasteiger partial charge in [-0.25, -0.2) is 10.2 Å². The minimum Gasteiger partial charge on any atom is -0.439 e. The van der Waals surface area contributed by atoms with E-state index >= 15 is 0 Å². The lowest BCUT2D eigenvalue weighted by Crippen LogP contribution is -2.37. The Labute approximate surface area is 115 Å². The molecule has 0 radical (unpaired) electrons. The number of carbonyl (C=O) groups is 1. The molecule has 0 spiro atoms. The molecule has 0 aliphatic carbocycles. The number of amides is 1. The fraction of sp³-hybridized carbons (Fsp3) is 0.273. The molecule has 1 heterocycles. The Morgan fingerprint density at radius 2 is 2.26 bits per heavy atom. The molecule has 19 heavy (non-hydrogen) atoms. The number of nitrogens with zero attached hydrogens (tertiary/aromatic N) is 1. The highest BCUT2D eigenvalue weighted by atomic mass is 35.5. The fourth-order valence-electron chi connectivity index (χ4n) is 1.47. The van der Waals surface area contributed by atoms with Crippen LogP contribution in [0.1, 0.15) is 22.1 Å². The molecule has 0 aromatic heterocycles. The number of hydrogen-bond acceptors (Lipinski definition) is 3. The molecule has 102 valence electrons. The topological polar surface area (TPSA) is 50.7 Å². The van der Waals surface area contributed by atoms with Crippen LogP contribution in [0, 0.1) is 0 Å². The van der Waals surface area contributed by atoms with E-state index in [1.165, 1.54) is 0 Å². The number of hydrazone groups is 1. The highest BCUT2D eigenvalue weighted by molar-refractivity contribution is 6.31. The Kier molecular flexibility index (Phi) is 2.51. The zero-order valence-corrected chi connectivity index (χ0v) is 9.84. The van der Waals surface area contributed by atoms with Gasteiger partial charge in [-0.3, -0.25) is 0 Å². The monoisotopic (exact) mass is 295 g/mol. The molecule has 1 aromatic carbocycles. The summed E-state index contributed by atoms with van der Waals surface area (Å²) in [4.78, 5) is 11.1. The zero-order valence-electron chi connectivity index (χ0n) is 12.1. The van der Waals surface area contributed by atoms with Crippen molar-refractivity contribution in [1.82, 2.24) is 5.43 Å². The quantitative estimate of drug-likeness (QED) is 0.865. The number of nitrogens with one attached hydrogen (secondary N) is 1. The number of rotatable bonds is 1. The molecule has 0 bridgehead atoms. The molecule has 0 unspecified atom stereocenters. The van der Waals surface area contributed by atoms with Crippen molar-refractivity contribution in [2.24, 2.45) is 5.10 Å². The number of ether oxygens (including phenoxy) is 1. The van der Waals surface area contributed by atoms with E-state index in [1.54, 1.807) is 0 Å². The molecule has 0 saturated heterocycles. The second-order valence-corrected chi connectivity index (χ2v) is 3.99. The van der Waals surface area contributed by atoms with Crippen LogP contribution < -0.4 is 5.43 Å². The van der Waals surface area contributed by atoms with Crippen LogP contribution in [0.5, 0.6) is 0 Å². The predicted octanol–water partition coefficient (Wildman–Crippen LogP) is 3.19. The van der Waals surface area contributed by atoms with Crippen molar-refractivity contribution in [3.05, 3.63) is 34.3 Å². The molecule has 1 amide bonds. The standard InChI is InChI=1S/C11H8ClF3N2O2/c1-5-9(16-17-10(18)19-5)6-2-3-8(12)7(4-6)11(13,14)15/h2-5H,1H3,(H,17,18)/t5-/m0/s1/i1D3. The van der Waals surface area contributed by atoms with Crippen molar-refractivity contribution in [2.45, 2.75) is 19.1 Å². The van der Waals surface area contributed by atoms with Gasteiger partial charge in [-0.1, -0.05) is 17.7 Å². The third kappa shape index (κ3) is 2.81. The summed E-state index contributed by atoms with van der Waals surface area (Å²) < 4.78 is 65.1. The number of benzene rings is 1. The van der Waals surface area contributed by atoms with E-state index in [1.807, 2.05) is 5.43 Å². The molecular formula is C11H8ClF3N2O2. The van der Waals surface area contributed by atoms with E-state index in [0.717, 1.165) is 12.1 Å². The predicted molar refractivity (Wildman–Crippen MR) is 62.1 cm³/mol. The number of carbonyl (C=O) groups excluding carboxylic acids is 1.